The lowest BCUT2D eigenvalue weighted by atomic mass is 10.1. The molecule has 5 heteroatoms. The Morgan fingerprint density at radius 1 is 1.26 bits per heavy atom. The maximum absolute atomic E-state index is 9.35. The van der Waals surface area contributed by atoms with E-state index in [1.807, 2.05) is 29.7 Å². The number of hydrogen-bond donors (Lipinski definition) is 1. The van der Waals surface area contributed by atoms with Crippen LogP contribution in [0.15, 0.2) is 18.2 Å². The van der Waals surface area contributed by atoms with Crippen molar-refractivity contribution in [2.24, 2.45) is 5.92 Å². The largest absolute Gasteiger partial charge is 0.388 e. The lowest BCUT2D eigenvalue weighted by Gasteiger charge is -2.12. The first-order chi connectivity index (χ1) is 9.01. The molecule has 1 N–H and O–H groups in total. The van der Waals surface area contributed by atoms with Gasteiger partial charge in [-0.25, -0.2) is 0 Å². The smallest absolute Gasteiger partial charge is 0.164 e. The molecule has 1 aromatic carbocycles. The number of nitrogens with zero attached hydrogens (tertiary/aromatic N) is 3. The van der Waals surface area contributed by atoms with Crippen molar-refractivity contribution in [2.45, 2.75) is 33.9 Å². The number of aryl methyl sites for hydroxylation is 1. The second-order valence-corrected chi connectivity index (χ2v) is 5.56. The fourth-order valence-electron chi connectivity index (χ4n) is 2.09. The Labute approximate surface area is 118 Å². The summed E-state index contributed by atoms with van der Waals surface area (Å²) < 4.78 is 1.95. The van der Waals surface area contributed by atoms with E-state index in [0.29, 0.717) is 16.8 Å². The molecule has 2 aromatic rings. The van der Waals surface area contributed by atoms with Crippen molar-refractivity contribution in [1.82, 2.24) is 14.8 Å². The van der Waals surface area contributed by atoms with Crippen molar-refractivity contribution in [2.75, 3.05) is 0 Å². The van der Waals surface area contributed by atoms with Crippen molar-refractivity contribution < 1.29 is 5.11 Å². The van der Waals surface area contributed by atoms with Crippen molar-refractivity contribution in [3.05, 3.63) is 34.6 Å². The van der Waals surface area contributed by atoms with E-state index < -0.39 is 0 Å². The minimum absolute atomic E-state index is 0.112. The van der Waals surface area contributed by atoms with E-state index in [1.54, 1.807) is 0 Å². The van der Waals surface area contributed by atoms with Crippen LogP contribution < -0.4 is 0 Å². The third-order valence-electron chi connectivity index (χ3n) is 2.82. The van der Waals surface area contributed by atoms with Gasteiger partial charge in [0, 0.05) is 17.1 Å². The lowest BCUT2D eigenvalue weighted by molar-refractivity contribution is 0.262. The van der Waals surface area contributed by atoms with Gasteiger partial charge in [-0.15, -0.1) is 10.2 Å². The first-order valence-corrected chi connectivity index (χ1v) is 6.69. The summed E-state index contributed by atoms with van der Waals surface area (Å²) in [5.74, 6) is 1.78. The third-order valence-corrected chi connectivity index (χ3v) is 3.04. The summed E-state index contributed by atoms with van der Waals surface area (Å²) >= 11 is 6.09. The minimum atomic E-state index is -0.112. The molecule has 0 radical (unpaired) electrons. The highest BCUT2D eigenvalue weighted by Gasteiger charge is 2.14. The maximum Gasteiger partial charge on any atom is 0.164 e. The fourth-order valence-corrected chi connectivity index (χ4v) is 2.38. The Kier molecular flexibility index (Phi) is 4.22. The Morgan fingerprint density at radius 2 is 2.00 bits per heavy atom. The number of hydrogen-bond acceptors (Lipinski definition) is 3. The molecule has 1 heterocycles. The fraction of sp³-hybridized carbons (Fsp3) is 0.429. The van der Waals surface area contributed by atoms with E-state index in [2.05, 4.69) is 24.0 Å². The molecule has 0 amide bonds. The van der Waals surface area contributed by atoms with Crippen molar-refractivity contribution >= 4 is 11.6 Å². The van der Waals surface area contributed by atoms with Gasteiger partial charge in [0.15, 0.2) is 11.6 Å². The molecule has 1 aromatic heterocycles. The number of halogens is 1. The summed E-state index contributed by atoms with van der Waals surface area (Å²) in [6.07, 6.45) is 0. The number of benzene rings is 1. The van der Waals surface area contributed by atoms with E-state index in [1.165, 1.54) is 0 Å². The van der Waals surface area contributed by atoms with E-state index in [-0.39, 0.29) is 6.61 Å². The molecule has 0 aliphatic heterocycles. The lowest BCUT2D eigenvalue weighted by Crippen LogP contribution is -2.10. The summed E-state index contributed by atoms with van der Waals surface area (Å²) in [4.78, 5) is 0. The predicted octanol–water partition coefficient (Wildman–Crippen LogP) is 3.06. The molecular formula is C14H18ClN3O. The molecule has 0 saturated heterocycles. The van der Waals surface area contributed by atoms with Crippen LogP contribution in [0.4, 0.5) is 0 Å². The Balaban J connectivity index is 2.51. The molecule has 0 aliphatic carbocycles. The molecule has 0 unspecified atom stereocenters. The second kappa shape index (κ2) is 5.72. The third kappa shape index (κ3) is 3.14. The van der Waals surface area contributed by atoms with E-state index in [9.17, 15) is 5.11 Å². The summed E-state index contributed by atoms with van der Waals surface area (Å²) in [5, 5.41) is 18.3. The van der Waals surface area contributed by atoms with Crippen LogP contribution in [0, 0.1) is 12.8 Å². The van der Waals surface area contributed by atoms with E-state index >= 15 is 0 Å². The topological polar surface area (TPSA) is 50.9 Å². The Bertz CT molecular complexity index is 558. The first kappa shape index (κ1) is 14.0. The van der Waals surface area contributed by atoms with E-state index in [0.717, 1.165) is 23.5 Å². The van der Waals surface area contributed by atoms with Crippen LogP contribution in [0.3, 0.4) is 0 Å². The van der Waals surface area contributed by atoms with Gasteiger partial charge in [0.25, 0.3) is 0 Å². The molecule has 0 spiro atoms. The zero-order valence-corrected chi connectivity index (χ0v) is 12.1. The standard InChI is InChI=1S/C14H18ClN3O/c1-9(2)7-18-13(8-19)16-17-14(18)11-4-10(3)5-12(15)6-11/h4-6,9,19H,7-8H2,1-3H3. The highest BCUT2D eigenvalue weighted by molar-refractivity contribution is 6.30. The molecule has 4 nitrogen and oxygen atoms in total. The summed E-state index contributed by atoms with van der Waals surface area (Å²) in [5.41, 5.74) is 2.00. The molecule has 0 aliphatic rings. The normalized spacial score (nSPS) is 11.3. The highest BCUT2D eigenvalue weighted by Crippen LogP contribution is 2.24. The quantitative estimate of drug-likeness (QED) is 0.936. The van der Waals surface area contributed by atoms with Crippen LogP contribution in [-0.4, -0.2) is 19.9 Å². The summed E-state index contributed by atoms with van der Waals surface area (Å²) in [7, 11) is 0. The van der Waals surface area contributed by atoms with Crippen LogP contribution >= 0.6 is 11.6 Å². The highest BCUT2D eigenvalue weighted by atomic mass is 35.5. The number of aliphatic hydroxyl groups is 1. The Hall–Kier alpha value is -1.39. The zero-order valence-electron chi connectivity index (χ0n) is 11.4. The average Bonchev–Trinajstić information content (AvgIpc) is 2.69. The first-order valence-electron chi connectivity index (χ1n) is 6.31. The van der Waals surface area contributed by atoms with Gasteiger partial charge in [-0.1, -0.05) is 25.4 Å². The van der Waals surface area contributed by atoms with E-state index in [4.69, 9.17) is 11.6 Å². The van der Waals surface area contributed by atoms with Crippen LogP contribution in [0.5, 0.6) is 0 Å². The van der Waals surface area contributed by atoms with Gasteiger partial charge in [-0.05, 0) is 36.6 Å². The van der Waals surface area contributed by atoms with Gasteiger partial charge in [-0.3, -0.25) is 0 Å². The zero-order chi connectivity index (χ0) is 14.0. The number of rotatable bonds is 4. The van der Waals surface area contributed by atoms with Gasteiger partial charge in [0.2, 0.25) is 0 Å². The van der Waals surface area contributed by atoms with Crippen LogP contribution in [0.1, 0.15) is 25.2 Å². The molecular weight excluding hydrogens is 262 g/mol. The molecule has 0 atom stereocenters. The van der Waals surface area contributed by atoms with Crippen molar-refractivity contribution in [3.8, 4) is 11.4 Å². The molecule has 2 rings (SSSR count). The predicted molar refractivity (Wildman–Crippen MR) is 76.0 cm³/mol. The maximum atomic E-state index is 9.35. The molecule has 0 bridgehead atoms. The summed E-state index contributed by atoms with van der Waals surface area (Å²) in [6, 6.07) is 5.80. The van der Waals surface area contributed by atoms with Gasteiger partial charge < -0.3 is 9.67 Å². The molecule has 0 saturated carbocycles. The molecule has 0 fully saturated rings. The van der Waals surface area contributed by atoms with Crippen LogP contribution in [0.2, 0.25) is 5.02 Å². The van der Waals surface area contributed by atoms with Crippen molar-refractivity contribution in [1.29, 1.82) is 0 Å². The van der Waals surface area contributed by atoms with Gasteiger partial charge in [0.1, 0.15) is 6.61 Å². The SMILES string of the molecule is Cc1cc(Cl)cc(-c2nnc(CO)n2CC(C)C)c1. The summed E-state index contributed by atoms with van der Waals surface area (Å²) in [6.45, 7) is 6.89. The molecule has 102 valence electrons. The number of aliphatic hydroxyl groups excluding tert-OH is 1. The number of aromatic nitrogens is 3. The monoisotopic (exact) mass is 279 g/mol. The minimum Gasteiger partial charge on any atom is -0.388 e. The Morgan fingerprint density at radius 3 is 2.58 bits per heavy atom. The second-order valence-electron chi connectivity index (χ2n) is 5.12. The van der Waals surface area contributed by atoms with Gasteiger partial charge in [0.05, 0.1) is 0 Å². The van der Waals surface area contributed by atoms with Crippen LogP contribution in [-0.2, 0) is 13.2 Å². The van der Waals surface area contributed by atoms with Crippen LogP contribution in [0.25, 0.3) is 11.4 Å². The van der Waals surface area contributed by atoms with Crippen molar-refractivity contribution in [3.63, 3.8) is 0 Å². The molecule has 19 heavy (non-hydrogen) atoms. The average molecular weight is 280 g/mol. The van der Waals surface area contributed by atoms with Gasteiger partial charge >= 0.3 is 0 Å². The van der Waals surface area contributed by atoms with Gasteiger partial charge in [-0.2, -0.15) is 0 Å².